The van der Waals surface area contributed by atoms with Crippen molar-refractivity contribution in [2.75, 3.05) is 13.7 Å². The van der Waals surface area contributed by atoms with Gasteiger partial charge in [0, 0.05) is 35.3 Å². The number of benzene rings is 1. The molecule has 2 aromatic rings. The SMILES string of the molecule is COc1cc2c(cc1O)[C@@H]1Cc3sc(CO)cc3CN1CC2. The van der Waals surface area contributed by atoms with E-state index in [1.807, 2.05) is 12.1 Å². The van der Waals surface area contributed by atoms with E-state index >= 15 is 0 Å². The third-order valence-corrected chi connectivity index (χ3v) is 5.95. The Hall–Kier alpha value is -1.56. The number of phenols is 1. The minimum atomic E-state index is 0.122. The van der Waals surface area contributed by atoms with Crippen molar-refractivity contribution in [1.82, 2.24) is 4.90 Å². The molecule has 5 heteroatoms. The Bertz CT molecular complexity index is 725. The summed E-state index contributed by atoms with van der Waals surface area (Å²) in [5, 5.41) is 19.5. The summed E-state index contributed by atoms with van der Waals surface area (Å²) in [7, 11) is 1.59. The van der Waals surface area contributed by atoms with Gasteiger partial charge in [-0.2, -0.15) is 0 Å². The molecule has 1 atom stereocenters. The quantitative estimate of drug-likeness (QED) is 0.894. The molecule has 0 radical (unpaired) electrons. The average Bonchev–Trinajstić information content (AvgIpc) is 2.94. The van der Waals surface area contributed by atoms with Crippen LogP contribution in [-0.4, -0.2) is 28.8 Å². The van der Waals surface area contributed by atoms with Crippen LogP contribution in [0.5, 0.6) is 11.5 Å². The highest BCUT2D eigenvalue weighted by molar-refractivity contribution is 7.12. The number of aliphatic hydroxyl groups is 1. The van der Waals surface area contributed by atoms with E-state index in [1.54, 1.807) is 18.4 Å². The molecular formula is C17H19NO3S. The van der Waals surface area contributed by atoms with Crippen molar-refractivity contribution in [3.05, 3.63) is 44.6 Å². The van der Waals surface area contributed by atoms with Gasteiger partial charge in [0.05, 0.1) is 13.7 Å². The Labute approximate surface area is 133 Å². The molecule has 0 aliphatic carbocycles. The van der Waals surface area contributed by atoms with Gasteiger partial charge in [-0.1, -0.05) is 0 Å². The number of hydrogen-bond donors (Lipinski definition) is 2. The van der Waals surface area contributed by atoms with Crippen molar-refractivity contribution in [3.8, 4) is 11.5 Å². The van der Waals surface area contributed by atoms with Crippen molar-refractivity contribution in [2.24, 2.45) is 0 Å². The molecule has 0 saturated heterocycles. The van der Waals surface area contributed by atoms with Crippen LogP contribution in [0, 0.1) is 0 Å². The lowest BCUT2D eigenvalue weighted by Crippen LogP contribution is -2.38. The van der Waals surface area contributed by atoms with Crippen molar-refractivity contribution >= 4 is 11.3 Å². The molecule has 0 spiro atoms. The number of aromatic hydroxyl groups is 1. The van der Waals surface area contributed by atoms with E-state index in [0.717, 1.165) is 30.8 Å². The molecule has 4 rings (SSSR count). The van der Waals surface area contributed by atoms with Gasteiger partial charge in [-0.15, -0.1) is 11.3 Å². The van der Waals surface area contributed by atoms with Crippen molar-refractivity contribution in [3.63, 3.8) is 0 Å². The maximum atomic E-state index is 10.1. The molecule has 0 bridgehead atoms. The fraction of sp³-hybridized carbons (Fsp3) is 0.412. The van der Waals surface area contributed by atoms with Gasteiger partial charge < -0.3 is 14.9 Å². The highest BCUT2D eigenvalue weighted by Gasteiger charge is 2.33. The Kier molecular flexibility index (Phi) is 3.36. The molecular weight excluding hydrogens is 298 g/mol. The summed E-state index contributed by atoms with van der Waals surface area (Å²) in [6.45, 7) is 2.08. The van der Waals surface area contributed by atoms with Gasteiger partial charge in [-0.3, -0.25) is 4.90 Å². The number of rotatable bonds is 2. The van der Waals surface area contributed by atoms with E-state index in [4.69, 9.17) is 4.74 Å². The van der Waals surface area contributed by atoms with E-state index in [-0.39, 0.29) is 12.4 Å². The van der Waals surface area contributed by atoms with Crippen LogP contribution in [0.1, 0.15) is 32.5 Å². The summed E-state index contributed by atoms with van der Waals surface area (Å²) in [4.78, 5) is 4.89. The Balaban J connectivity index is 1.74. The lowest BCUT2D eigenvalue weighted by atomic mass is 9.86. The Morgan fingerprint density at radius 3 is 2.95 bits per heavy atom. The van der Waals surface area contributed by atoms with Crippen molar-refractivity contribution in [1.29, 1.82) is 0 Å². The number of ether oxygens (including phenoxy) is 1. The minimum absolute atomic E-state index is 0.122. The predicted octanol–water partition coefficient (Wildman–Crippen LogP) is 2.61. The Morgan fingerprint density at radius 1 is 1.32 bits per heavy atom. The summed E-state index contributed by atoms with van der Waals surface area (Å²) in [6.07, 6.45) is 1.94. The second kappa shape index (κ2) is 5.26. The van der Waals surface area contributed by atoms with Crippen LogP contribution in [0.2, 0.25) is 0 Å². The summed E-state index contributed by atoms with van der Waals surface area (Å²) in [6, 6.07) is 6.30. The van der Waals surface area contributed by atoms with Gasteiger partial charge in [0.1, 0.15) is 0 Å². The topological polar surface area (TPSA) is 52.9 Å². The van der Waals surface area contributed by atoms with Crippen molar-refractivity contribution in [2.45, 2.75) is 32.0 Å². The number of thiophene rings is 1. The first-order valence-corrected chi connectivity index (χ1v) is 8.36. The predicted molar refractivity (Wildman–Crippen MR) is 85.5 cm³/mol. The third kappa shape index (κ3) is 2.12. The molecule has 4 nitrogen and oxygen atoms in total. The molecule has 0 amide bonds. The summed E-state index contributed by atoms with van der Waals surface area (Å²) < 4.78 is 5.23. The van der Waals surface area contributed by atoms with Gasteiger partial charge in [-0.05, 0) is 41.3 Å². The standard InChI is InChI=1S/C17H19NO3S/c1-21-16-5-10-2-3-18-8-11-4-12(9-19)22-17(11)7-14(18)13(10)6-15(16)20/h4-6,14,19-20H,2-3,7-9H2,1H3/t14-/m0/s1. The Morgan fingerprint density at radius 2 is 2.18 bits per heavy atom. The molecule has 2 N–H and O–H groups in total. The molecule has 0 saturated carbocycles. The normalized spacial score (nSPS) is 20.2. The van der Waals surface area contributed by atoms with Crippen molar-refractivity contribution < 1.29 is 14.9 Å². The van der Waals surface area contributed by atoms with Crippen LogP contribution in [0.4, 0.5) is 0 Å². The number of hydrogen-bond acceptors (Lipinski definition) is 5. The van der Waals surface area contributed by atoms with Gasteiger partial charge in [0.15, 0.2) is 11.5 Å². The number of fused-ring (bicyclic) bond motifs is 4. The first-order chi connectivity index (χ1) is 10.7. The van der Waals surface area contributed by atoms with Crippen LogP contribution >= 0.6 is 11.3 Å². The highest BCUT2D eigenvalue weighted by atomic mass is 32.1. The smallest absolute Gasteiger partial charge is 0.160 e. The second-order valence-electron chi connectivity index (χ2n) is 5.98. The number of aliphatic hydroxyl groups excluding tert-OH is 1. The van der Waals surface area contributed by atoms with E-state index in [2.05, 4.69) is 11.0 Å². The highest BCUT2D eigenvalue weighted by Crippen LogP contribution is 2.43. The first-order valence-electron chi connectivity index (χ1n) is 7.54. The fourth-order valence-corrected chi connectivity index (χ4v) is 4.75. The molecule has 116 valence electrons. The fourth-order valence-electron chi connectivity index (χ4n) is 3.67. The van der Waals surface area contributed by atoms with Gasteiger partial charge in [-0.25, -0.2) is 0 Å². The van der Waals surface area contributed by atoms with Crippen LogP contribution in [0.3, 0.4) is 0 Å². The lowest BCUT2D eigenvalue weighted by Gasteiger charge is -2.40. The molecule has 3 heterocycles. The molecule has 0 unspecified atom stereocenters. The summed E-state index contributed by atoms with van der Waals surface area (Å²) in [5.41, 5.74) is 3.85. The maximum absolute atomic E-state index is 10.1. The van der Waals surface area contributed by atoms with E-state index in [9.17, 15) is 10.2 Å². The minimum Gasteiger partial charge on any atom is -0.504 e. The van der Waals surface area contributed by atoms with Crippen LogP contribution in [0.15, 0.2) is 18.2 Å². The summed E-state index contributed by atoms with van der Waals surface area (Å²) in [5.74, 6) is 0.776. The van der Waals surface area contributed by atoms with E-state index in [1.165, 1.54) is 21.6 Å². The average molecular weight is 317 g/mol. The lowest BCUT2D eigenvalue weighted by molar-refractivity contribution is 0.162. The zero-order valence-corrected chi connectivity index (χ0v) is 13.3. The molecule has 0 fully saturated rings. The summed E-state index contributed by atoms with van der Waals surface area (Å²) >= 11 is 1.71. The molecule has 1 aromatic heterocycles. The van der Waals surface area contributed by atoms with Crippen LogP contribution in [-0.2, 0) is 26.0 Å². The van der Waals surface area contributed by atoms with Gasteiger partial charge in [0.2, 0.25) is 0 Å². The molecule has 22 heavy (non-hydrogen) atoms. The largest absolute Gasteiger partial charge is 0.504 e. The third-order valence-electron chi connectivity index (χ3n) is 4.76. The zero-order chi connectivity index (χ0) is 15.3. The maximum Gasteiger partial charge on any atom is 0.160 e. The monoisotopic (exact) mass is 317 g/mol. The number of nitrogens with zero attached hydrogens (tertiary/aromatic N) is 1. The van der Waals surface area contributed by atoms with E-state index < -0.39 is 0 Å². The van der Waals surface area contributed by atoms with Gasteiger partial charge >= 0.3 is 0 Å². The zero-order valence-electron chi connectivity index (χ0n) is 12.5. The number of methoxy groups -OCH3 is 1. The van der Waals surface area contributed by atoms with Gasteiger partial charge in [0.25, 0.3) is 0 Å². The molecule has 1 aromatic carbocycles. The second-order valence-corrected chi connectivity index (χ2v) is 7.20. The molecule has 2 aliphatic heterocycles. The molecule has 2 aliphatic rings. The first kappa shape index (κ1) is 14.1. The number of phenolic OH excluding ortho intramolecular Hbond substituents is 1. The van der Waals surface area contributed by atoms with Crippen LogP contribution in [0.25, 0.3) is 0 Å². The van der Waals surface area contributed by atoms with E-state index in [0.29, 0.717) is 11.8 Å². The van der Waals surface area contributed by atoms with Crippen LogP contribution < -0.4 is 4.74 Å².